The van der Waals surface area contributed by atoms with Crippen LogP contribution in [0.15, 0.2) is 33.3 Å². The van der Waals surface area contributed by atoms with Crippen LogP contribution in [0, 0.1) is 6.92 Å². The third kappa shape index (κ3) is 3.36. The van der Waals surface area contributed by atoms with Crippen LogP contribution in [0.4, 0.5) is 0 Å². The van der Waals surface area contributed by atoms with E-state index in [1.807, 2.05) is 13.0 Å². The highest BCUT2D eigenvalue weighted by Gasteiger charge is 2.14. The minimum atomic E-state index is -0.0991. The van der Waals surface area contributed by atoms with Crippen LogP contribution in [0.3, 0.4) is 0 Å². The summed E-state index contributed by atoms with van der Waals surface area (Å²) in [5.74, 6) is 0.628. The molecule has 0 saturated heterocycles. The number of carbonyl (C=O) groups is 1. The van der Waals surface area contributed by atoms with Gasteiger partial charge in [-0.2, -0.15) is 0 Å². The van der Waals surface area contributed by atoms with Crippen LogP contribution < -0.4 is 0 Å². The largest absolute Gasteiger partial charge is 0.361 e. The molecule has 0 unspecified atom stereocenters. The topological polar surface area (TPSA) is 46.3 Å². The lowest BCUT2D eigenvalue weighted by molar-refractivity contribution is 0.0782. The molecule has 0 fully saturated rings. The van der Waals surface area contributed by atoms with E-state index in [0.717, 1.165) is 11.5 Å². The van der Waals surface area contributed by atoms with E-state index in [-0.39, 0.29) is 5.91 Å². The summed E-state index contributed by atoms with van der Waals surface area (Å²) in [5.41, 5.74) is 1.29. The molecular weight excluding hydrogens is 332 g/mol. The highest BCUT2D eigenvalue weighted by Crippen LogP contribution is 2.23. The summed E-state index contributed by atoms with van der Waals surface area (Å²) in [4.78, 5) is 13.8. The fourth-order valence-electron chi connectivity index (χ4n) is 1.66. The van der Waals surface area contributed by atoms with Gasteiger partial charge in [-0.15, -0.1) is 0 Å². The zero-order valence-corrected chi connectivity index (χ0v) is 12.8. The maximum Gasteiger partial charge on any atom is 0.253 e. The molecule has 2 aromatic rings. The summed E-state index contributed by atoms with van der Waals surface area (Å²) in [5, 5.41) is 4.44. The number of aryl methyl sites for hydroxylation is 1. The van der Waals surface area contributed by atoms with Crippen LogP contribution in [-0.4, -0.2) is 23.0 Å². The highest BCUT2D eigenvalue weighted by atomic mass is 79.9. The van der Waals surface area contributed by atoms with E-state index in [0.29, 0.717) is 21.6 Å². The van der Waals surface area contributed by atoms with Gasteiger partial charge in [-0.05, 0) is 41.1 Å². The van der Waals surface area contributed by atoms with Gasteiger partial charge in [0.15, 0.2) is 0 Å². The van der Waals surface area contributed by atoms with E-state index in [4.69, 9.17) is 16.1 Å². The third-order valence-electron chi connectivity index (χ3n) is 2.59. The molecule has 0 spiro atoms. The van der Waals surface area contributed by atoms with Crippen molar-refractivity contribution in [1.29, 1.82) is 0 Å². The lowest BCUT2D eigenvalue weighted by atomic mass is 10.2. The average Bonchev–Trinajstić information content (AvgIpc) is 2.77. The molecule has 1 aromatic heterocycles. The van der Waals surface area contributed by atoms with Crippen molar-refractivity contribution in [3.05, 3.63) is 50.8 Å². The molecular formula is C13H12BrClN2O2. The van der Waals surface area contributed by atoms with Crippen LogP contribution in [0.25, 0.3) is 0 Å². The monoisotopic (exact) mass is 342 g/mol. The van der Waals surface area contributed by atoms with Gasteiger partial charge in [0.25, 0.3) is 5.91 Å². The van der Waals surface area contributed by atoms with E-state index in [9.17, 15) is 4.79 Å². The number of halogens is 2. The van der Waals surface area contributed by atoms with Crippen molar-refractivity contribution in [2.45, 2.75) is 13.5 Å². The summed E-state index contributed by atoms with van der Waals surface area (Å²) >= 11 is 9.21. The van der Waals surface area contributed by atoms with Gasteiger partial charge in [0, 0.05) is 23.2 Å². The van der Waals surface area contributed by atoms with E-state index in [1.165, 1.54) is 0 Å². The molecule has 2 rings (SSSR count). The SMILES string of the molecule is Cc1cc(CN(C)C(=O)c2ccc(Cl)c(Br)c2)no1. The second-order valence-corrected chi connectivity index (χ2v) is 5.48. The number of benzene rings is 1. The zero-order valence-electron chi connectivity index (χ0n) is 10.5. The lowest BCUT2D eigenvalue weighted by Crippen LogP contribution is -2.26. The van der Waals surface area contributed by atoms with Crippen LogP contribution >= 0.6 is 27.5 Å². The smallest absolute Gasteiger partial charge is 0.253 e. The molecule has 0 aliphatic rings. The molecule has 100 valence electrons. The van der Waals surface area contributed by atoms with Gasteiger partial charge in [0.05, 0.1) is 11.6 Å². The quantitative estimate of drug-likeness (QED) is 0.854. The zero-order chi connectivity index (χ0) is 14.0. The van der Waals surface area contributed by atoms with Gasteiger partial charge in [-0.1, -0.05) is 16.8 Å². The fourth-order valence-corrected chi connectivity index (χ4v) is 2.15. The van der Waals surface area contributed by atoms with Gasteiger partial charge >= 0.3 is 0 Å². The Labute approximate surface area is 124 Å². The number of carbonyl (C=O) groups excluding carboxylic acids is 1. The van der Waals surface area contributed by atoms with Crippen molar-refractivity contribution < 1.29 is 9.32 Å². The van der Waals surface area contributed by atoms with Gasteiger partial charge in [0.2, 0.25) is 0 Å². The van der Waals surface area contributed by atoms with E-state index < -0.39 is 0 Å². The predicted molar refractivity (Wildman–Crippen MR) is 76.2 cm³/mol. The number of hydrogen-bond acceptors (Lipinski definition) is 3. The number of rotatable bonds is 3. The average molecular weight is 344 g/mol. The predicted octanol–water partition coefficient (Wildman–Crippen LogP) is 3.67. The van der Waals surface area contributed by atoms with Crippen LogP contribution in [0.2, 0.25) is 5.02 Å². The first-order valence-electron chi connectivity index (χ1n) is 5.60. The minimum Gasteiger partial charge on any atom is -0.361 e. The van der Waals surface area contributed by atoms with Gasteiger partial charge in [-0.3, -0.25) is 4.79 Å². The molecule has 1 heterocycles. The molecule has 0 N–H and O–H groups in total. The highest BCUT2D eigenvalue weighted by molar-refractivity contribution is 9.10. The number of hydrogen-bond donors (Lipinski definition) is 0. The summed E-state index contributed by atoms with van der Waals surface area (Å²) < 4.78 is 5.67. The van der Waals surface area contributed by atoms with E-state index in [2.05, 4.69) is 21.1 Å². The second-order valence-electron chi connectivity index (χ2n) is 4.22. The van der Waals surface area contributed by atoms with Crippen molar-refractivity contribution in [1.82, 2.24) is 10.1 Å². The Kier molecular flexibility index (Phi) is 4.27. The molecule has 0 saturated carbocycles. The fraction of sp³-hybridized carbons (Fsp3) is 0.231. The molecule has 4 nitrogen and oxygen atoms in total. The van der Waals surface area contributed by atoms with Crippen LogP contribution in [0.1, 0.15) is 21.8 Å². The Morgan fingerprint density at radius 3 is 2.79 bits per heavy atom. The Bertz CT molecular complexity index is 612. The first-order chi connectivity index (χ1) is 8.97. The Morgan fingerprint density at radius 1 is 1.47 bits per heavy atom. The van der Waals surface area contributed by atoms with Crippen molar-refractivity contribution in [2.24, 2.45) is 0 Å². The van der Waals surface area contributed by atoms with Gasteiger partial charge in [0.1, 0.15) is 11.5 Å². The summed E-state index contributed by atoms with van der Waals surface area (Å²) in [7, 11) is 1.72. The molecule has 6 heteroatoms. The van der Waals surface area contributed by atoms with Crippen molar-refractivity contribution in [2.75, 3.05) is 7.05 Å². The summed E-state index contributed by atoms with van der Waals surface area (Å²) in [6.07, 6.45) is 0. The second kappa shape index (κ2) is 5.75. The molecule has 1 amide bonds. The Balaban J connectivity index is 2.12. The van der Waals surface area contributed by atoms with Crippen molar-refractivity contribution in [3.63, 3.8) is 0 Å². The first-order valence-corrected chi connectivity index (χ1v) is 6.77. The maximum atomic E-state index is 12.2. The van der Waals surface area contributed by atoms with Crippen LogP contribution in [0.5, 0.6) is 0 Å². The van der Waals surface area contributed by atoms with E-state index in [1.54, 1.807) is 30.1 Å². The molecule has 19 heavy (non-hydrogen) atoms. The maximum absolute atomic E-state index is 12.2. The van der Waals surface area contributed by atoms with Crippen LogP contribution in [-0.2, 0) is 6.54 Å². The lowest BCUT2D eigenvalue weighted by Gasteiger charge is -2.15. The summed E-state index contributed by atoms with van der Waals surface area (Å²) in [6.45, 7) is 2.21. The van der Waals surface area contributed by atoms with Gasteiger partial charge in [-0.25, -0.2) is 0 Å². The van der Waals surface area contributed by atoms with Gasteiger partial charge < -0.3 is 9.42 Å². The van der Waals surface area contributed by atoms with Crippen molar-refractivity contribution >= 4 is 33.4 Å². The molecule has 1 aromatic carbocycles. The number of nitrogens with zero attached hydrogens (tertiary/aromatic N) is 2. The Hall–Kier alpha value is -1.33. The molecule has 0 bridgehead atoms. The normalized spacial score (nSPS) is 10.5. The Morgan fingerprint density at radius 2 is 2.21 bits per heavy atom. The summed E-state index contributed by atoms with van der Waals surface area (Å²) in [6, 6.07) is 6.89. The van der Waals surface area contributed by atoms with Crippen molar-refractivity contribution in [3.8, 4) is 0 Å². The van der Waals surface area contributed by atoms with E-state index >= 15 is 0 Å². The standard InChI is InChI=1S/C13H12BrClN2O2/c1-8-5-10(16-19-8)7-17(2)13(18)9-3-4-12(15)11(14)6-9/h3-6H,7H2,1-2H3. The molecule has 0 radical (unpaired) electrons. The first kappa shape index (κ1) is 14.1. The minimum absolute atomic E-state index is 0.0991. The molecule has 0 atom stereocenters. The third-order valence-corrected chi connectivity index (χ3v) is 3.80. The number of amides is 1. The molecule has 0 aliphatic heterocycles. The molecule has 0 aliphatic carbocycles. The number of aromatic nitrogens is 1.